The predicted molar refractivity (Wildman–Crippen MR) is 60.2 cm³/mol. The lowest BCUT2D eigenvalue weighted by Crippen LogP contribution is -2.07. The molecule has 1 aliphatic carbocycles. The van der Waals surface area contributed by atoms with Gasteiger partial charge in [0.25, 0.3) is 0 Å². The van der Waals surface area contributed by atoms with Gasteiger partial charge in [-0.15, -0.1) is 0 Å². The van der Waals surface area contributed by atoms with Crippen molar-refractivity contribution in [3.05, 3.63) is 22.8 Å². The van der Waals surface area contributed by atoms with E-state index in [1.165, 1.54) is 12.8 Å². The molecule has 1 N–H and O–H groups in total. The summed E-state index contributed by atoms with van der Waals surface area (Å²) in [6.07, 6.45) is 4.23. The second-order valence-corrected chi connectivity index (χ2v) is 4.31. The smallest absolute Gasteiger partial charge is 0.213 e. The number of rotatable bonds is 5. The van der Waals surface area contributed by atoms with E-state index in [2.05, 4.69) is 10.3 Å². The van der Waals surface area contributed by atoms with Gasteiger partial charge in [-0.1, -0.05) is 11.6 Å². The Kier molecular flexibility index (Phi) is 3.44. The molecule has 0 atom stereocenters. The van der Waals surface area contributed by atoms with E-state index in [4.69, 9.17) is 16.3 Å². The first-order valence-corrected chi connectivity index (χ1v) is 5.59. The van der Waals surface area contributed by atoms with Gasteiger partial charge in [0.2, 0.25) is 5.88 Å². The van der Waals surface area contributed by atoms with E-state index in [-0.39, 0.29) is 0 Å². The van der Waals surface area contributed by atoms with Crippen LogP contribution in [-0.4, -0.2) is 18.6 Å². The molecular weight excluding hydrogens is 212 g/mol. The summed E-state index contributed by atoms with van der Waals surface area (Å²) in [6, 6.07) is 1.90. The number of pyridine rings is 1. The standard InChI is InChI=1S/C11H15ClN2O/c1-13-5-9-4-11(14-6-10(9)12)15-7-8-2-3-8/h4,6,8,13H,2-3,5,7H2,1H3. The maximum Gasteiger partial charge on any atom is 0.213 e. The fourth-order valence-electron chi connectivity index (χ4n) is 1.35. The summed E-state index contributed by atoms with van der Waals surface area (Å²) in [4.78, 5) is 4.14. The molecule has 0 saturated heterocycles. The zero-order valence-corrected chi connectivity index (χ0v) is 9.55. The van der Waals surface area contributed by atoms with E-state index < -0.39 is 0 Å². The minimum Gasteiger partial charge on any atom is -0.477 e. The second kappa shape index (κ2) is 4.81. The van der Waals surface area contributed by atoms with E-state index in [1.807, 2.05) is 13.1 Å². The lowest BCUT2D eigenvalue weighted by Gasteiger charge is -2.07. The molecular formula is C11H15ClN2O. The van der Waals surface area contributed by atoms with Crippen LogP contribution >= 0.6 is 11.6 Å². The molecule has 82 valence electrons. The van der Waals surface area contributed by atoms with Crippen molar-refractivity contribution in [2.45, 2.75) is 19.4 Å². The molecule has 1 fully saturated rings. The number of halogens is 1. The number of ether oxygens (including phenoxy) is 1. The van der Waals surface area contributed by atoms with Gasteiger partial charge >= 0.3 is 0 Å². The molecule has 1 heterocycles. The van der Waals surface area contributed by atoms with Crippen LogP contribution in [0.15, 0.2) is 12.3 Å². The normalized spacial score (nSPS) is 15.3. The molecule has 1 saturated carbocycles. The molecule has 2 rings (SSSR count). The van der Waals surface area contributed by atoms with Crippen molar-refractivity contribution in [2.24, 2.45) is 5.92 Å². The molecule has 0 amide bonds. The van der Waals surface area contributed by atoms with Crippen LogP contribution in [0.2, 0.25) is 5.02 Å². The number of nitrogens with zero attached hydrogens (tertiary/aromatic N) is 1. The highest BCUT2D eigenvalue weighted by Crippen LogP contribution is 2.29. The third-order valence-electron chi connectivity index (χ3n) is 2.44. The third kappa shape index (κ3) is 3.08. The molecule has 0 aliphatic heterocycles. The minimum absolute atomic E-state index is 0.677. The van der Waals surface area contributed by atoms with Gasteiger partial charge in [-0.3, -0.25) is 0 Å². The van der Waals surface area contributed by atoms with Crippen LogP contribution in [0, 0.1) is 5.92 Å². The number of hydrogen-bond donors (Lipinski definition) is 1. The van der Waals surface area contributed by atoms with Crippen molar-refractivity contribution in [2.75, 3.05) is 13.7 Å². The zero-order chi connectivity index (χ0) is 10.7. The molecule has 0 aromatic carbocycles. The summed E-state index contributed by atoms with van der Waals surface area (Å²) in [6.45, 7) is 1.52. The Morgan fingerprint density at radius 2 is 2.40 bits per heavy atom. The molecule has 0 bridgehead atoms. The molecule has 3 nitrogen and oxygen atoms in total. The van der Waals surface area contributed by atoms with Gasteiger partial charge in [0.1, 0.15) is 0 Å². The average Bonchev–Trinajstić information content (AvgIpc) is 3.03. The number of aromatic nitrogens is 1. The Morgan fingerprint density at radius 3 is 3.07 bits per heavy atom. The molecule has 4 heteroatoms. The first-order chi connectivity index (χ1) is 7.29. The second-order valence-electron chi connectivity index (χ2n) is 3.90. The van der Waals surface area contributed by atoms with Gasteiger partial charge in [-0.2, -0.15) is 0 Å². The summed E-state index contributed by atoms with van der Waals surface area (Å²) in [5.74, 6) is 1.42. The van der Waals surface area contributed by atoms with Crippen LogP contribution in [0.4, 0.5) is 0 Å². The fraction of sp³-hybridized carbons (Fsp3) is 0.545. The molecule has 1 aliphatic rings. The Balaban J connectivity index is 1.99. The number of hydrogen-bond acceptors (Lipinski definition) is 3. The van der Waals surface area contributed by atoms with Crippen molar-refractivity contribution in [3.63, 3.8) is 0 Å². The monoisotopic (exact) mass is 226 g/mol. The summed E-state index contributed by atoms with van der Waals surface area (Å²) in [5.41, 5.74) is 1.03. The molecule has 15 heavy (non-hydrogen) atoms. The highest BCUT2D eigenvalue weighted by Gasteiger charge is 2.22. The van der Waals surface area contributed by atoms with Crippen molar-refractivity contribution in [3.8, 4) is 5.88 Å². The van der Waals surface area contributed by atoms with Crippen LogP contribution in [0.5, 0.6) is 5.88 Å². The predicted octanol–water partition coefficient (Wildman–Crippen LogP) is 2.24. The van der Waals surface area contributed by atoms with E-state index >= 15 is 0 Å². The summed E-state index contributed by atoms with van der Waals surface area (Å²) < 4.78 is 5.57. The highest BCUT2D eigenvalue weighted by molar-refractivity contribution is 6.31. The van der Waals surface area contributed by atoms with Crippen molar-refractivity contribution in [1.82, 2.24) is 10.3 Å². The minimum atomic E-state index is 0.677. The van der Waals surface area contributed by atoms with Crippen molar-refractivity contribution in [1.29, 1.82) is 0 Å². The first-order valence-electron chi connectivity index (χ1n) is 5.21. The van der Waals surface area contributed by atoms with Crippen LogP contribution in [-0.2, 0) is 6.54 Å². The van der Waals surface area contributed by atoms with Gasteiger partial charge in [-0.25, -0.2) is 4.98 Å². The van der Waals surface area contributed by atoms with Crippen molar-refractivity contribution < 1.29 is 4.74 Å². The van der Waals surface area contributed by atoms with E-state index in [0.29, 0.717) is 10.9 Å². The maximum atomic E-state index is 5.99. The molecule has 1 aromatic rings. The van der Waals surface area contributed by atoms with Gasteiger partial charge in [0, 0.05) is 18.8 Å². The lowest BCUT2D eigenvalue weighted by atomic mass is 10.2. The van der Waals surface area contributed by atoms with Gasteiger partial charge in [0.05, 0.1) is 11.6 Å². The van der Waals surface area contributed by atoms with E-state index in [1.54, 1.807) is 6.20 Å². The van der Waals surface area contributed by atoms with Gasteiger partial charge in [-0.05, 0) is 31.4 Å². The van der Waals surface area contributed by atoms with E-state index in [9.17, 15) is 0 Å². The first kappa shape index (κ1) is 10.7. The fourth-order valence-corrected chi connectivity index (χ4v) is 1.52. The van der Waals surface area contributed by atoms with Crippen LogP contribution in [0.1, 0.15) is 18.4 Å². The maximum absolute atomic E-state index is 5.99. The van der Waals surface area contributed by atoms with Crippen LogP contribution in [0.25, 0.3) is 0 Å². The Labute approximate surface area is 94.8 Å². The third-order valence-corrected chi connectivity index (χ3v) is 2.78. The Hall–Kier alpha value is -0.800. The van der Waals surface area contributed by atoms with Gasteiger partial charge in [0.15, 0.2) is 0 Å². The molecule has 1 aromatic heterocycles. The Bertz CT molecular complexity index is 339. The Morgan fingerprint density at radius 1 is 1.60 bits per heavy atom. The highest BCUT2D eigenvalue weighted by atomic mass is 35.5. The molecule has 0 spiro atoms. The van der Waals surface area contributed by atoms with Crippen LogP contribution in [0.3, 0.4) is 0 Å². The summed E-state index contributed by atoms with van der Waals surface area (Å²) in [7, 11) is 1.89. The largest absolute Gasteiger partial charge is 0.477 e. The molecule has 0 unspecified atom stereocenters. The number of nitrogens with one attached hydrogen (secondary N) is 1. The summed E-state index contributed by atoms with van der Waals surface area (Å²) >= 11 is 5.99. The van der Waals surface area contributed by atoms with Crippen LogP contribution < -0.4 is 10.1 Å². The lowest BCUT2D eigenvalue weighted by molar-refractivity contribution is 0.288. The molecule has 0 radical (unpaired) electrons. The topological polar surface area (TPSA) is 34.1 Å². The van der Waals surface area contributed by atoms with E-state index in [0.717, 1.165) is 24.6 Å². The SMILES string of the molecule is CNCc1cc(OCC2CC2)ncc1Cl. The quantitative estimate of drug-likeness (QED) is 0.836. The average molecular weight is 227 g/mol. The van der Waals surface area contributed by atoms with Gasteiger partial charge < -0.3 is 10.1 Å². The summed E-state index contributed by atoms with van der Waals surface area (Å²) in [5, 5.41) is 3.74. The zero-order valence-electron chi connectivity index (χ0n) is 8.79. The van der Waals surface area contributed by atoms with Crippen molar-refractivity contribution >= 4 is 11.6 Å².